The first-order valence-electron chi connectivity index (χ1n) is 8.67. The van der Waals surface area contributed by atoms with Gasteiger partial charge in [-0.3, -0.25) is 4.98 Å². The van der Waals surface area contributed by atoms with E-state index in [-0.39, 0.29) is 0 Å². The third kappa shape index (κ3) is 3.46. The summed E-state index contributed by atoms with van der Waals surface area (Å²) in [6.45, 7) is 2.06. The van der Waals surface area contributed by atoms with Gasteiger partial charge >= 0.3 is 0 Å². The molecule has 0 aliphatic rings. The Morgan fingerprint density at radius 2 is 2.00 bits per heavy atom. The minimum Gasteiger partial charge on any atom is -0.361 e. The molecule has 5 nitrogen and oxygen atoms in total. The summed E-state index contributed by atoms with van der Waals surface area (Å²) in [6, 6.07) is 11.9. The monoisotopic (exact) mass is 385 g/mol. The number of nitriles is 1. The second-order valence-electron chi connectivity index (χ2n) is 6.31. The van der Waals surface area contributed by atoms with E-state index >= 15 is 0 Å². The van der Waals surface area contributed by atoms with E-state index in [0.717, 1.165) is 33.3 Å². The number of aromatic nitrogens is 3. The van der Waals surface area contributed by atoms with Crippen LogP contribution in [0.2, 0.25) is 5.15 Å². The van der Waals surface area contributed by atoms with Gasteiger partial charge in [0.05, 0.1) is 11.3 Å². The lowest BCUT2D eigenvalue weighted by Crippen LogP contribution is -1.99. The van der Waals surface area contributed by atoms with E-state index in [1.165, 1.54) is 0 Å². The Kier molecular flexibility index (Phi) is 4.79. The number of H-pyrrole nitrogens is 1. The summed E-state index contributed by atoms with van der Waals surface area (Å²) < 4.78 is 0. The van der Waals surface area contributed by atoms with Crippen LogP contribution in [0.4, 0.5) is 11.4 Å². The van der Waals surface area contributed by atoms with E-state index in [1.54, 1.807) is 24.7 Å². The Balaban J connectivity index is 1.74. The number of halogens is 1. The fourth-order valence-electron chi connectivity index (χ4n) is 3.05. The highest BCUT2D eigenvalue weighted by Gasteiger charge is 2.11. The second kappa shape index (κ2) is 7.55. The topological polar surface area (TPSA) is 77.4 Å². The smallest absolute Gasteiger partial charge is 0.129 e. The molecule has 4 aromatic rings. The Labute approximate surface area is 167 Å². The highest BCUT2D eigenvalue weighted by molar-refractivity contribution is 6.29. The maximum Gasteiger partial charge on any atom is 0.129 e. The molecule has 0 aliphatic heterocycles. The summed E-state index contributed by atoms with van der Waals surface area (Å²) in [7, 11) is 0. The molecule has 6 heteroatoms. The number of hydrogen-bond acceptors (Lipinski definition) is 4. The van der Waals surface area contributed by atoms with E-state index < -0.39 is 0 Å². The van der Waals surface area contributed by atoms with Crippen molar-refractivity contribution in [3.05, 3.63) is 82.5 Å². The van der Waals surface area contributed by atoms with Crippen molar-refractivity contribution in [2.45, 2.75) is 6.92 Å². The molecule has 0 saturated carbocycles. The maximum absolute atomic E-state index is 9.56. The summed E-state index contributed by atoms with van der Waals surface area (Å²) in [5.74, 6) is 0. The van der Waals surface area contributed by atoms with Crippen LogP contribution >= 0.6 is 11.6 Å². The van der Waals surface area contributed by atoms with E-state index in [0.29, 0.717) is 16.4 Å². The van der Waals surface area contributed by atoms with Crippen LogP contribution < -0.4 is 5.32 Å². The fourth-order valence-corrected chi connectivity index (χ4v) is 3.17. The molecule has 0 fully saturated rings. The normalized spacial score (nSPS) is 11.0. The molecule has 3 heterocycles. The van der Waals surface area contributed by atoms with Crippen LogP contribution in [0.1, 0.15) is 22.3 Å². The molecular formula is C22H16ClN5. The standard InChI is InChI=1S/C22H16ClN5/c1-14-18-8-9-26-20(18)6-5-19(14)28-22-16(12-25-13-17(22)10-24)4-2-15-3-7-21(23)27-11-15/h2-9,11-13,26H,1H3,(H,25,28)/b4-2+. The summed E-state index contributed by atoms with van der Waals surface area (Å²) in [6.07, 6.45) is 10.7. The number of anilines is 2. The average Bonchev–Trinajstić information content (AvgIpc) is 3.20. The molecule has 0 radical (unpaired) electrons. The van der Waals surface area contributed by atoms with Crippen molar-refractivity contribution in [2.24, 2.45) is 0 Å². The van der Waals surface area contributed by atoms with E-state index in [9.17, 15) is 5.26 Å². The molecule has 136 valence electrons. The summed E-state index contributed by atoms with van der Waals surface area (Å²) in [4.78, 5) is 11.5. The van der Waals surface area contributed by atoms with Crippen molar-refractivity contribution in [2.75, 3.05) is 5.32 Å². The van der Waals surface area contributed by atoms with Crippen molar-refractivity contribution in [1.29, 1.82) is 5.26 Å². The highest BCUT2D eigenvalue weighted by atomic mass is 35.5. The predicted octanol–water partition coefficient (Wildman–Crippen LogP) is 5.71. The molecular weight excluding hydrogens is 370 g/mol. The molecule has 0 spiro atoms. The molecule has 0 aliphatic carbocycles. The first-order chi connectivity index (χ1) is 13.7. The lowest BCUT2D eigenvalue weighted by molar-refractivity contribution is 1.28. The lowest BCUT2D eigenvalue weighted by atomic mass is 10.1. The zero-order chi connectivity index (χ0) is 19.5. The number of benzene rings is 1. The van der Waals surface area contributed by atoms with Crippen molar-refractivity contribution in [3.8, 4) is 6.07 Å². The van der Waals surface area contributed by atoms with Gasteiger partial charge in [0.25, 0.3) is 0 Å². The lowest BCUT2D eigenvalue weighted by Gasteiger charge is -2.14. The van der Waals surface area contributed by atoms with Gasteiger partial charge in [0.2, 0.25) is 0 Å². The first kappa shape index (κ1) is 17.8. The van der Waals surface area contributed by atoms with Gasteiger partial charge in [-0.25, -0.2) is 4.98 Å². The molecule has 0 bridgehead atoms. The third-order valence-corrected chi connectivity index (χ3v) is 4.79. The Morgan fingerprint density at radius 1 is 1.11 bits per heavy atom. The average molecular weight is 386 g/mol. The molecule has 0 saturated heterocycles. The van der Waals surface area contributed by atoms with Gasteiger partial charge in [-0.2, -0.15) is 5.26 Å². The van der Waals surface area contributed by atoms with Crippen LogP contribution in [0.15, 0.2) is 55.1 Å². The third-order valence-electron chi connectivity index (χ3n) is 4.56. The molecule has 1 aromatic carbocycles. The number of aryl methyl sites for hydroxylation is 1. The minimum atomic E-state index is 0.447. The van der Waals surface area contributed by atoms with Crippen molar-refractivity contribution >= 4 is 46.0 Å². The molecule has 4 rings (SSSR count). The van der Waals surface area contributed by atoms with Crippen LogP contribution in [-0.2, 0) is 0 Å². The quantitative estimate of drug-likeness (QED) is 0.441. The van der Waals surface area contributed by atoms with Gasteiger partial charge in [0.1, 0.15) is 11.2 Å². The molecule has 28 heavy (non-hydrogen) atoms. The van der Waals surface area contributed by atoms with Crippen molar-refractivity contribution in [3.63, 3.8) is 0 Å². The molecule has 0 atom stereocenters. The van der Waals surface area contributed by atoms with Gasteiger partial charge in [0.15, 0.2) is 0 Å². The maximum atomic E-state index is 9.56. The predicted molar refractivity (Wildman–Crippen MR) is 113 cm³/mol. The SMILES string of the molecule is Cc1c(Nc2c(C#N)cncc2/C=C/c2ccc(Cl)nc2)ccc2[nH]ccc12. The zero-order valence-electron chi connectivity index (χ0n) is 15.1. The minimum absolute atomic E-state index is 0.447. The Hall–Kier alpha value is -3.62. The fraction of sp³-hybridized carbons (Fsp3) is 0.0455. The number of fused-ring (bicyclic) bond motifs is 1. The number of nitrogens with zero attached hydrogens (tertiary/aromatic N) is 3. The van der Waals surface area contributed by atoms with Gasteiger partial charge in [-0.15, -0.1) is 0 Å². The highest BCUT2D eigenvalue weighted by Crippen LogP contribution is 2.31. The van der Waals surface area contributed by atoms with Crippen molar-refractivity contribution < 1.29 is 0 Å². The zero-order valence-corrected chi connectivity index (χ0v) is 15.8. The van der Waals surface area contributed by atoms with Crippen LogP contribution in [0, 0.1) is 18.3 Å². The first-order valence-corrected chi connectivity index (χ1v) is 9.05. The summed E-state index contributed by atoms with van der Waals surface area (Å²) in [5.41, 5.74) is 6.03. The number of pyridine rings is 2. The number of rotatable bonds is 4. The van der Waals surface area contributed by atoms with Crippen molar-refractivity contribution in [1.82, 2.24) is 15.0 Å². The number of nitrogens with one attached hydrogen (secondary N) is 2. The Bertz CT molecular complexity index is 1220. The van der Waals surface area contributed by atoms with Gasteiger partial charge in [0, 0.05) is 46.9 Å². The number of hydrogen-bond donors (Lipinski definition) is 2. The van der Waals surface area contributed by atoms with E-state index in [1.807, 2.05) is 42.6 Å². The Morgan fingerprint density at radius 3 is 2.79 bits per heavy atom. The molecule has 2 N–H and O–H groups in total. The van der Waals surface area contributed by atoms with E-state index in [4.69, 9.17) is 11.6 Å². The van der Waals surface area contributed by atoms with Crippen LogP contribution in [0.3, 0.4) is 0 Å². The van der Waals surface area contributed by atoms with Gasteiger partial charge in [-0.1, -0.05) is 29.8 Å². The van der Waals surface area contributed by atoms with Crippen LogP contribution in [0.25, 0.3) is 23.1 Å². The molecule has 0 unspecified atom stereocenters. The van der Waals surface area contributed by atoms with Gasteiger partial charge in [-0.05, 0) is 42.3 Å². The largest absolute Gasteiger partial charge is 0.361 e. The van der Waals surface area contributed by atoms with Crippen LogP contribution in [0.5, 0.6) is 0 Å². The molecule has 3 aromatic heterocycles. The summed E-state index contributed by atoms with van der Waals surface area (Å²) in [5, 5.41) is 14.6. The van der Waals surface area contributed by atoms with E-state index in [2.05, 4.69) is 33.3 Å². The van der Waals surface area contributed by atoms with Gasteiger partial charge < -0.3 is 10.3 Å². The number of aromatic amines is 1. The van der Waals surface area contributed by atoms with Crippen LogP contribution in [-0.4, -0.2) is 15.0 Å². The molecule has 0 amide bonds. The summed E-state index contributed by atoms with van der Waals surface area (Å²) >= 11 is 5.84. The second-order valence-corrected chi connectivity index (χ2v) is 6.70.